The van der Waals surface area contributed by atoms with Crippen LogP contribution in [0, 0.1) is 5.92 Å². The van der Waals surface area contributed by atoms with Gasteiger partial charge < -0.3 is 10.2 Å². The van der Waals surface area contributed by atoms with Crippen molar-refractivity contribution in [2.45, 2.75) is 77.4 Å². The average Bonchev–Trinajstić information content (AvgIpc) is 2.35. The number of hydrogen-bond donors (Lipinski definition) is 1. The van der Waals surface area contributed by atoms with E-state index in [9.17, 15) is 0 Å². The first-order chi connectivity index (χ1) is 8.04. The van der Waals surface area contributed by atoms with Crippen molar-refractivity contribution in [3.05, 3.63) is 0 Å². The fraction of sp³-hybridized carbons (Fsp3) is 1.00. The molecule has 0 aromatic carbocycles. The van der Waals surface area contributed by atoms with Crippen molar-refractivity contribution < 1.29 is 0 Å². The van der Waals surface area contributed by atoms with E-state index in [4.69, 9.17) is 0 Å². The minimum absolute atomic E-state index is 0.744. The summed E-state index contributed by atoms with van der Waals surface area (Å²) in [6.45, 7) is 7.04. The first-order valence-corrected chi connectivity index (χ1v) is 7.43. The van der Waals surface area contributed by atoms with Gasteiger partial charge in [-0.3, -0.25) is 0 Å². The van der Waals surface area contributed by atoms with E-state index in [2.05, 4.69) is 45.1 Å². The molecule has 0 heterocycles. The maximum absolute atomic E-state index is 3.41. The zero-order valence-electron chi connectivity index (χ0n) is 12.5. The van der Waals surface area contributed by atoms with Crippen LogP contribution in [-0.2, 0) is 0 Å². The molecule has 1 aliphatic carbocycles. The van der Waals surface area contributed by atoms with Gasteiger partial charge in [0.25, 0.3) is 0 Å². The fourth-order valence-electron chi connectivity index (χ4n) is 2.91. The average molecular weight is 240 g/mol. The highest BCUT2D eigenvalue weighted by molar-refractivity contribution is 4.83. The number of nitrogens with one attached hydrogen (secondary N) is 1. The van der Waals surface area contributed by atoms with Crippen LogP contribution in [0.1, 0.15) is 59.3 Å². The largest absolute Gasteiger partial charge is 0.317 e. The van der Waals surface area contributed by atoms with E-state index in [1.807, 2.05) is 0 Å². The van der Waals surface area contributed by atoms with Gasteiger partial charge in [-0.15, -0.1) is 0 Å². The molecule has 0 aromatic heterocycles. The standard InChI is InChI=1S/C15H32N2/c1-12(2)6-7-13(3)17(5)15-10-8-14(16-4)9-11-15/h12-16H,6-11H2,1-5H3. The van der Waals surface area contributed by atoms with Gasteiger partial charge in [0.05, 0.1) is 0 Å². The summed E-state index contributed by atoms with van der Waals surface area (Å²) in [7, 11) is 4.43. The van der Waals surface area contributed by atoms with E-state index >= 15 is 0 Å². The van der Waals surface area contributed by atoms with Crippen molar-refractivity contribution in [2.75, 3.05) is 14.1 Å². The summed E-state index contributed by atoms with van der Waals surface area (Å²) in [6, 6.07) is 2.33. The highest BCUT2D eigenvalue weighted by Gasteiger charge is 2.25. The quantitative estimate of drug-likeness (QED) is 0.766. The first-order valence-electron chi connectivity index (χ1n) is 7.43. The van der Waals surface area contributed by atoms with Gasteiger partial charge in [-0.05, 0) is 65.5 Å². The Morgan fingerprint density at radius 1 is 1.06 bits per heavy atom. The Morgan fingerprint density at radius 3 is 2.12 bits per heavy atom. The molecule has 0 aliphatic heterocycles. The van der Waals surface area contributed by atoms with Crippen molar-refractivity contribution >= 4 is 0 Å². The topological polar surface area (TPSA) is 15.3 Å². The Bertz CT molecular complexity index is 195. The van der Waals surface area contributed by atoms with Gasteiger partial charge in [0, 0.05) is 18.1 Å². The predicted molar refractivity (Wildman–Crippen MR) is 76.4 cm³/mol. The third-order valence-corrected chi connectivity index (χ3v) is 4.54. The molecule has 0 radical (unpaired) electrons. The highest BCUT2D eigenvalue weighted by Crippen LogP contribution is 2.24. The molecule has 1 rings (SSSR count). The molecule has 0 aromatic rings. The maximum Gasteiger partial charge on any atom is 0.00961 e. The van der Waals surface area contributed by atoms with Crippen molar-refractivity contribution in [1.29, 1.82) is 0 Å². The molecule has 0 amide bonds. The minimum Gasteiger partial charge on any atom is -0.317 e. The monoisotopic (exact) mass is 240 g/mol. The van der Waals surface area contributed by atoms with Crippen LogP contribution in [-0.4, -0.2) is 37.1 Å². The second-order valence-electron chi connectivity index (χ2n) is 6.28. The van der Waals surface area contributed by atoms with Crippen molar-refractivity contribution in [3.63, 3.8) is 0 Å². The maximum atomic E-state index is 3.41. The molecule has 0 bridgehead atoms. The molecule has 102 valence electrons. The highest BCUT2D eigenvalue weighted by atomic mass is 15.2. The van der Waals surface area contributed by atoms with Crippen LogP contribution in [0.15, 0.2) is 0 Å². The molecule has 1 aliphatic rings. The first kappa shape index (κ1) is 15.0. The van der Waals surface area contributed by atoms with Crippen LogP contribution in [0.3, 0.4) is 0 Å². The van der Waals surface area contributed by atoms with Crippen LogP contribution in [0.5, 0.6) is 0 Å². The molecule has 1 atom stereocenters. The molecule has 1 saturated carbocycles. The van der Waals surface area contributed by atoms with E-state index in [1.165, 1.54) is 38.5 Å². The summed E-state index contributed by atoms with van der Waals surface area (Å²) in [6.07, 6.45) is 8.14. The molecular weight excluding hydrogens is 208 g/mol. The van der Waals surface area contributed by atoms with Crippen LogP contribution in [0.2, 0.25) is 0 Å². The molecule has 0 saturated heterocycles. The SMILES string of the molecule is CNC1CCC(N(C)C(C)CCC(C)C)CC1. The zero-order chi connectivity index (χ0) is 12.8. The van der Waals surface area contributed by atoms with Crippen LogP contribution in [0.25, 0.3) is 0 Å². The van der Waals surface area contributed by atoms with Gasteiger partial charge in [-0.25, -0.2) is 0 Å². The molecule has 1 fully saturated rings. The lowest BCUT2D eigenvalue weighted by molar-refractivity contribution is 0.127. The molecular formula is C15H32N2. The summed E-state index contributed by atoms with van der Waals surface area (Å²) in [5, 5.41) is 3.41. The summed E-state index contributed by atoms with van der Waals surface area (Å²) in [5.74, 6) is 0.839. The van der Waals surface area contributed by atoms with E-state index in [1.54, 1.807) is 0 Å². The number of nitrogens with zero attached hydrogens (tertiary/aromatic N) is 1. The van der Waals surface area contributed by atoms with Gasteiger partial charge in [-0.2, -0.15) is 0 Å². The summed E-state index contributed by atoms with van der Waals surface area (Å²) in [4.78, 5) is 2.63. The Balaban J connectivity index is 2.29. The van der Waals surface area contributed by atoms with E-state index in [0.717, 1.165) is 24.0 Å². The third kappa shape index (κ3) is 4.97. The molecule has 17 heavy (non-hydrogen) atoms. The molecule has 1 N–H and O–H groups in total. The smallest absolute Gasteiger partial charge is 0.00961 e. The fourth-order valence-corrected chi connectivity index (χ4v) is 2.91. The lowest BCUT2D eigenvalue weighted by atomic mass is 9.89. The van der Waals surface area contributed by atoms with Gasteiger partial charge in [0.2, 0.25) is 0 Å². The zero-order valence-corrected chi connectivity index (χ0v) is 12.5. The van der Waals surface area contributed by atoms with Gasteiger partial charge >= 0.3 is 0 Å². The predicted octanol–water partition coefficient (Wildman–Crippen LogP) is 3.27. The third-order valence-electron chi connectivity index (χ3n) is 4.54. The molecule has 0 spiro atoms. The lowest BCUT2D eigenvalue weighted by Gasteiger charge is -2.38. The Hall–Kier alpha value is -0.0800. The van der Waals surface area contributed by atoms with Crippen molar-refractivity contribution in [3.8, 4) is 0 Å². The minimum atomic E-state index is 0.744. The molecule has 1 unspecified atom stereocenters. The number of rotatable bonds is 6. The Kier molecular flexibility index (Phi) is 6.50. The Morgan fingerprint density at radius 2 is 1.65 bits per heavy atom. The van der Waals surface area contributed by atoms with Crippen LogP contribution < -0.4 is 5.32 Å². The van der Waals surface area contributed by atoms with Gasteiger partial charge in [-0.1, -0.05) is 13.8 Å². The summed E-state index contributed by atoms with van der Waals surface area (Å²) in [5.41, 5.74) is 0. The lowest BCUT2D eigenvalue weighted by Crippen LogP contribution is -2.43. The van der Waals surface area contributed by atoms with Gasteiger partial charge in [0.15, 0.2) is 0 Å². The second kappa shape index (κ2) is 7.38. The summed E-state index contributed by atoms with van der Waals surface area (Å²) >= 11 is 0. The molecule has 2 heteroatoms. The molecule has 2 nitrogen and oxygen atoms in total. The Labute approximate surface area is 108 Å². The van der Waals surface area contributed by atoms with E-state index < -0.39 is 0 Å². The van der Waals surface area contributed by atoms with Gasteiger partial charge in [0.1, 0.15) is 0 Å². The number of hydrogen-bond acceptors (Lipinski definition) is 2. The van der Waals surface area contributed by atoms with Crippen LogP contribution >= 0.6 is 0 Å². The van der Waals surface area contributed by atoms with Crippen molar-refractivity contribution in [2.24, 2.45) is 5.92 Å². The second-order valence-corrected chi connectivity index (χ2v) is 6.28. The summed E-state index contributed by atoms with van der Waals surface area (Å²) < 4.78 is 0. The van der Waals surface area contributed by atoms with E-state index in [0.29, 0.717) is 0 Å². The van der Waals surface area contributed by atoms with Crippen LogP contribution in [0.4, 0.5) is 0 Å². The van der Waals surface area contributed by atoms with E-state index in [-0.39, 0.29) is 0 Å². The van der Waals surface area contributed by atoms with Crippen molar-refractivity contribution in [1.82, 2.24) is 10.2 Å². The normalized spacial score (nSPS) is 27.7.